The van der Waals surface area contributed by atoms with Gasteiger partial charge in [-0.15, -0.1) is 0 Å². The molecule has 0 aliphatic rings. The van der Waals surface area contributed by atoms with Crippen LogP contribution >= 0.6 is 0 Å². The molecule has 0 amide bonds. The van der Waals surface area contributed by atoms with E-state index in [4.69, 9.17) is 0 Å². The first-order valence-electron chi connectivity index (χ1n) is 5.51. The highest BCUT2D eigenvalue weighted by Gasteiger charge is 2.13. The Morgan fingerprint density at radius 2 is 1.83 bits per heavy atom. The molecule has 0 atom stereocenters. The summed E-state index contributed by atoms with van der Waals surface area (Å²) >= 11 is 0. The number of benzene rings is 1. The lowest BCUT2D eigenvalue weighted by Crippen LogP contribution is -2.12. The van der Waals surface area contributed by atoms with Gasteiger partial charge in [0.1, 0.15) is 0 Å². The van der Waals surface area contributed by atoms with E-state index >= 15 is 0 Å². The fourth-order valence-electron chi connectivity index (χ4n) is 1.65. The van der Waals surface area contributed by atoms with E-state index in [1.54, 1.807) is 26.0 Å². The molecule has 4 nitrogen and oxygen atoms in total. The van der Waals surface area contributed by atoms with Crippen LogP contribution in [0.4, 0.5) is 0 Å². The van der Waals surface area contributed by atoms with Gasteiger partial charge < -0.3 is 0 Å². The van der Waals surface area contributed by atoms with Gasteiger partial charge in [-0.25, -0.2) is 0 Å². The minimum atomic E-state index is -3.54. The van der Waals surface area contributed by atoms with Gasteiger partial charge in [-0.3, -0.25) is 0 Å². The SMILES string of the molecule is Cc1cc(C)n(S(=O)(=O)/C=C/c2ccccc2)n1. The van der Waals surface area contributed by atoms with Gasteiger partial charge in [-0.1, -0.05) is 30.3 Å². The summed E-state index contributed by atoms with van der Waals surface area (Å²) in [6.07, 6.45) is 1.56. The normalized spacial score (nSPS) is 12.1. The van der Waals surface area contributed by atoms with Gasteiger partial charge >= 0.3 is 0 Å². The zero-order chi connectivity index (χ0) is 13.2. The van der Waals surface area contributed by atoms with Crippen LogP contribution in [0, 0.1) is 13.8 Å². The van der Waals surface area contributed by atoms with Crippen molar-refractivity contribution in [3.63, 3.8) is 0 Å². The smallest absolute Gasteiger partial charge is 0.200 e. The molecule has 2 rings (SSSR count). The molecular formula is C13H14N2O2S. The average Bonchev–Trinajstić information content (AvgIpc) is 2.68. The van der Waals surface area contributed by atoms with Crippen molar-refractivity contribution < 1.29 is 8.42 Å². The molecule has 0 aliphatic heterocycles. The van der Waals surface area contributed by atoms with Crippen LogP contribution in [-0.4, -0.2) is 17.6 Å². The van der Waals surface area contributed by atoms with Crippen molar-refractivity contribution in [2.45, 2.75) is 13.8 Å². The molecule has 94 valence electrons. The molecule has 18 heavy (non-hydrogen) atoms. The molecule has 0 spiro atoms. The summed E-state index contributed by atoms with van der Waals surface area (Å²) in [6.45, 7) is 3.48. The van der Waals surface area contributed by atoms with Crippen LogP contribution in [0.3, 0.4) is 0 Å². The molecule has 0 unspecified atom stereocenters. The summed E-state index contributed by atoms with van der Waals surface area (Å²) in [5.41, 5.74) is 2.12. The van der Waals surface area contributed by atoms with E-state index in [9.17, 15) is 8.42 Å². The number of nitrogens with zero attached hydrogens (tertiary/aromatic N) is 2. The van der Waals surface area contributed by atoms with Gasteiger partial charge in [0.05, 0.1) is 16.8 Å². The van der Waals surface area contributed by atoms with Crippen molar-refractivity contribution in [1.82, 2.24) is 9.19 Å². The first-order valence-corrected chi connectivity index (χ1v) is 7.01. The second-order valence-electron chi connectivity index (χ2n) is 4.03. The Morgan fingerprint density at radius 1 is 1.17 bits per heavy atom. The maximum atomic E-state index is 12.1. The van der Waals surface area contributed by atoms with Crippen molar-refractivity contribution in [1.29, 1.82) is 0 Å². The van der Waals surface area contributed by atoms with E-state index < -0.39 is 10.0 Å². The van der Waals surface area contributed by atoms with E-state index in [0.29, 0.717) is 11.4 Å². The minimum absolute atomic E-state index is 0.602. The fourth-order valence-corrected chi connectivity index (χ4v) is 2.79. The Morgan fingerprint density at radius 3 is 2.39 bits per heavy atom. The predicted molar refractivity (Wildman–Crippen MR) is 71.5 cm³/mol. The molecule has 2 aromatic rings. The zero-order valence-electron chi connectivity index (χ0n) is 10.2. The van der Waals surface area contributed by atoms with E-state index in [1.807, 2.05) is 30.3 Å². The van der Waals surface area contributed by atoms with Crippen molar-refractivity contribution in [3.05, 3.63) is 58.8 Å². The molecule has 5 heteroatoms. The van der Waals surface area contributed by atoms with Crippen LogP contribution in [-0.2, 0) is 10.0 Å². The molecule has 1 aromatic carbocycles. The maximum absolute atomic E-state index is 12.1. The Labute approximate surface area is 107 Å². The Hall–Kier alpha value is -1.88. The lowest BCUT2D eigenvalue weighted by atomic mass is 10.2. The van der Waals surface area contributed by atoms with Gasteiger partial charge in [-0.2, -0.15) is 17.6 Å². The maximum Gasteiger partial charge on any atom is 0.276 e. The second kappa shape index (κ2) is 4.78. The molecule has 0 saturated heterocycles. The Bertz CT molecular complexity index is 670. The molecule has 1 heterocycles. The fraction of sp³-hybridized carbons (Fsp3) is 0.154. The lowest BCUT2D eigenvalue weighted by molar-refractivity contribution is 0.587. The first kappa shape index (κ1) is 12.6. The Kier molecular flexibility index (Phi) is 3.34. The van der Waals surface area contributed by atoms with E-state index in [1.165, 1.54) is 5.41 Å². The number of hydrogen-bond donors (Lipinski definition) is 0. The molecule has 0 radical (unpaired) electrons. The van der Waals surface area contributed by atoms with Crippen LogP contribution in [0.25, 0.3) is 6.08 Å². The summed E-state index contributed by atoms with van der Waals surface area (Å²) in [7, 11) is -3.54. The molecule has 0 bridgehead atoms. The number of aryl methyl sites for hydroxylation is 2. The third-order valence-electron chi connectivity index (χ3n) is 2.44. The monoisotopic (exact) mass is 262 g/mol. The second-order valence-corrected chi connectivity index (χ2v) is 5.68. The van der Waals surface area contributed by atoms with E-state index in [2.05, 4.69) is 5.10 Å². The quantitative estimate of drug-likeness (QED) is 0.853. The molecule has 1 aromatic heterocycles. The van der Waals surface area contributed by atoms with Crippen molar-refractivity contribution >= 4 is 16.1 Å². The standard InChI is InChI=1S/C13H14N2O2S/c1-11-10-12(2)15(14-11)18(16,17)9-8-13-6-4-3-5-7-13/h3-10H,1-2H3/b9-8+. The first-order chi connectivity index (χ1) is 8.49. The minimum Gasteiger partial charge on any atom is -0.200 e. The third-order valence-corrected chi connectivity index (χ3v) is 3.77. The van der Waals surface area contributed by atoms with Gasteiger partial charge in [0.2, 0.25) is 0 Å². The Balaban J connectivity index is 2.34. The average molecular weight is 262 g/mol. The van der Waals surface area contributed by atoms with Crippen LogP contribution in [0.1, 0.15) is 17.0 Å². The van der Waals surface area contributed by atoms with Gasteiger partial charge in [-0.05, 0) is 31.6 Å². The number of hydrogen-bond acceptors (Lipinski definition) is 3. The van der Waals surface area contributed by atoms with E-state index in [0.717, 1.165) is 9.65 Å². The molecule has 0 N–H and O–H groups in total. The number of rotatable bonds is 3. The third kappa shape index (κ3) is 2.68. The summed E-state index contributed by atoms with van der Waals surface area (Å²) in [4.78, 5) is 0. The van der Waals surface area contributed by atoms with Crippen LogP contribution in [0.15, 0.2) is 41.8 Å². The molecule has 0 aliphatic carbocycles. The predicted octanol–water partition coefficient (Wildman–Crippen LogP) is 2.35. The van der Waals surface area contributed by atoms with Crippen molar-refractivity contribution in [3.8, 4) is 0 Å². The number of aromatic nitrogens is 2. The van der Waals surface area contributed by atoms with Gasteiger partial charge in [0.15, 0.2) is 0 Å². The van der Waals surface area contributed by atoms with Crippen LogP contribution in [0.2, 0.25) is 0 Å². The summed E-state index contributed by atoms with van der Waals surface area (Å²) in [5.74, 6) is 0. The van der Waals surface area contributed by atoms with Gasteiger partial charge in [0, 0.05) is 0 Å². The van der Waals surface area contributed by atoms with Gasteiger partial charge in [0.25, 0.3) is 10.0 Å². The van der Waals surface area contributed by atoms with E-state index in [-0.39, 0.29) is 0 Å². The molecular weight excluding hydrogens is 248 g/mol. The van der Waals surface area contributed by atoms with Crippen LogP contribution < -0.4 is 0 Å². The highest BCUT2D eigenvalue weighted by molar-refractivity contribution is 7.92. The summed E-state index contributed by atoms with van der Waals surface area (Å²) in [6, 6.07) is 11.0. The highest BCUT2D eigenvalue weighted by Crippen LogP contribution is 2.09. The molecule has 0 saturated carbocycles. The zero-order valence-corrected chi connectivity index (χ0v) is 11.1. The highest BCUT2D eigenvalue weighted by atomic mass is 32.2. The van der Waals surface area contributed by atoms with Crippen LogP contribution in [0.5, 0.6) is 0 Å². The van der Waals surface area contributed by atoms with Crippen molar-refractivity contribution in [2.75, 3.05) is 0 Å². The summed E-state index contributed by atoms with van der Waals surface area (Å²) < 4.78 is 25.2. The summed E-state index contributed by atoms with van der Waals surface area (Å²) in [5, 5.41) is 5.14. The topological polar surface area (TPSA) is 52.0 Å². The lowest BCUT2D eigenvalue weighted by Gasteiger charge is -2.01. The van der Waals surface area contributed by atoms with Crippen molar-refractivity contribution in [2.24, 2.45) is 0 Å². The molecule has 0 fully saturated rings. The largest absolute Gasteiger partial charge is 0.276 e.